The zero-order chi connectivity index (χ0) is 26.8. The van der Waals surface area contributed by atoms with Gasteiger partial charge in [-0.15, -0.1) is 0 Å². The van der Waals surface area contributed by atoms with Crippen LogP contribution in [0.3, 0.4) is 0 Å². The van der Waals surface area contributed by atoms with Gasteiger partial charge in [-0.2, -0.15) is 26.3 Å². The Labute approximate surface area is 211 Å². The first-order valence-corrected chi connectivity index (χ1v) is 11.7. The molecule has 0 bridgehead atoms. The molecule has 3 aromatic rings. The van der Waals surface area contributed by atoms with Crippen LogP contribution in [0.2, 0.25) is 0 Å². The van der Waals surface area contributed by atoms with E-state index in [0.717, 1.165) is 41.1 Å². The number of hydrogen-bond acceptors (Lipinski definition) is 1. The number of hydrogen-bond donors (Lipinski definition) is 1. The maximum absolute atomic E-state index is 13.4. The standard InChI is InChI=1S/C30H25F6N/c1-19-5-3-8-28(20(19)2)37-26-15-9-21(10-16-26)17-27(22-11-13-24(14-12-22)29(31,32)33)23-6-4-7-25(18-23)30(34,35)36/h3-15,17-18,26,37H,16H2,1-2H3. The molecule has 0 spiro atoms. The summed E-state index contributed by atoms with van der Waals surface area (Å²) in [6.07, 6.45) is -0.904. The molecule has 0 fully saturated rings. The maximum Gasteiger partial charge on any atom is 0.416 e. The maximum atomic E-state index is 13.4. The summed E-state index contributed by atoms with van der Waals surface area (Å²) in [5.74, 6) is 0. The highest BCUT2D eigenvalue weighted by Gasteiger charge is 2.31. The van der Waals surface area contributed by atoms with Gasteiger partial charge >= 0.3 is 12.4 Å². The van der Waals surface area contributed by atoms with Crippen molar-refractivity contribution in [1.29, 1.82) is 0 Å². The predicted molar refractivity (Wildman–Crippen MR) is 135 cm³/mol. The number of rotatable bonds is 5. The summed E-state index contributed by atoms with van der Waals surface area (Å²) in [5, 5.41) is 3.49. The summed E-state index contributed by atoms with van der Waals surface area (Å²) in [6.45, 7) is 4.08. The van der Waals surface area contributed by atoms with Crippen molar-refractivity contribution < 1.29 is 26.3 Å². The van der Waals surface area contributed by atoms with Crippen LogP contribution < -0.4 is 5.32 Å². The molecule has 1 atom stereocenters. The second kappa shape index (κ2) is 10.3. The Morgan fingerprint density at radius 1 is 0.811 bits per heavy atom. The minimum atomic E-state index is -4.54. The van der Waals surface area contributed by atoms with Gasteiger partial charge in [0.25, 0.3) is 0 Å². The topological polar surface area (TPSA) is 12.0 Å². The highest BCUT2D eigenvalue weighted by molar-refractivity contribution is 5.82. The summed E-state index contributed by atoms with van der Waals surface area (Å²) in [4.78, 5) is 0. The lowest BCUT2D eigenvalue weighted by Gasteiger charge is -2.21. The van der Waals surface area contributed by atoms with Crippen LogP contribution in [0.1, 0.15) is 39.8 Å². The average molecular weight is 514 g/mol. The van der Waals surface area contributed by atoms with E-state index in [2.05, 4.69) is 5.32 Å². The highest BCUT2D eigenvalue weighted by atomic mass is 19.4. The van der Waals surface area contributed by atoms with Crippen LogP contribution in [0.25, 0.3) is 5.57 Å². The van der Waals surface area contributed by atoms with Crippen molar-refractivity contribution in [3.63, 3.8) is 0 Å². The highest BCUT2D eigenvalue weighted by Crippen LogP contribution is 2.35. The van der Waals surface area contributed by atoms with Crippen LogP contribution in [0, 0.1) is 13.8 Å². The third kappa shape index (κ3) is 6.34. The largest absolute Gasteiger partial charge is 0.416 e. The summed E-state index contributed by atoms with van der Waals surface area (Å²) in [6, 6.07) is 15.3. The van der Waals surface area contributed by atoms with Gasteiger partial charge < -0.3 is 5.32 Å². The van der Waals surface area contributed by atoms with Gasteiger partial charge in [0.15, 0.2) is 0 Å². The van der Waals surface area contributed by atoms with Crippen LogP contribution >= 0.6 is 0 Å². The molecule has 4 rings (SSSR count). The normalized spacial score (nSPS) is 16.5. The first-order chi connectivity index (χ1) is 17.4. The molecule has 1 N–H and O–H groups in total. The van der Waals surface area contributed by atoms with Crippen molar-refractivity contribution in [2.45, 2.75) is 38.7 Å². The number of alkyl halides is 6. The fourth-order valence-corrected chi connectivity index (χ4v) is 4.16. The molecule has 0 amide bonds. The van der Waals surface area contributed by atoms with Crippen molar-refractivity contribution >= 4 is 11.3 Å². The monoisotopic (exact) mass is 513 g/mol. The lowest BCUT2D eigenvalue weighted by Crippen LogP contribution is -2.18. The number of aryl methyl sites for hydroxylation is 1. The molecule has 1 aliphatic carbocycles. The molecule has 3 aromatic carbocycles. The van der Waals surface area contributed by atoms with E-state index in [1.807, 2.05) is 50.3 Å². The van der Waals surface area contributed by atoms with Gasteiger partial charge in [0.05, 0.1) is 11.1 Å². The van der Waals surface area contributed by atoms with Crippen LogP contribution in [0.4, 0.5) is 32.0 Å². The Balaban J connectivity index is 1.66. The van der Waals surface area contributed by atoms with Crippen molar-refractivity contribution in [2.75, 3.05) is 5.32 Å². The first-order valence-electron chi connectivity index (χ1n) is 11.7. The zero-order valence-corrected chi connectivity index (χ0v) is 20.2. The first kappa shape index (κ1) is 26.3. The number of allylic oxidation sites excluding steroid dienone is 3. The molecule has 0 aromatic heterocycles. The van der Waals surface area contributed by atoms with Gasteiger partial charge in [-0.25, -0.2) is 0 Å². The molecule has 0 radical (unpaired) electrons. The third-order valence-electron chi connectivity index (χ3n) is 6.41. The van der Waals surface area contributed by atoms with Crippen LogP contribution in [0.5, 0.6) is 0 Å². The van der Waals surface area contributed by atoms with Gasteiger partial charge in [-0.05, 0) is 90.1 Å². The zero-order valence-electron chi connectivity index (χ0n) is 20.2. The minimum absolute atomic E-state index is 0.0285. The van der Waals surface area contributed by atoms with Crippen molar-refractivity contribution in [3.05, 3.63) is 130 Å². The Bertz CT molecular complexity index is 1360. The van der Waals surface area contributed by atoms with Crippen LogP contribution in [-0.2, 0) is 12.4 Å². The fourth-order valence-electron chi connectivity index (χ4n) is 4.16. The molecule has 1 unspecified atom stereocenters. The van der Waals surface area contributed by atoms with E-state index in [-0.39, 0.29) is 11.6 Å². The summed E-state index contributed by atoms with van der Waals surface area (Å²) >= 11 is 0. The molecule has 192 valence electrons. The molecule has 0 aliphatic heterocycles. The lowest BCUT2D eigenvalue weighted by atomic mass is 9.92. The van der Waals surface area contributed by atoms with Gasteiger partial charge in [0.2, 0.25) is 0 Å². The predicted octanol–water partition coefficient (Wildman–Crippen LogP) is 9.14. The fraction of sp³-hybridized carbons (Fsp3) is 0.200. The Kier molecular flexibility index (Phi) is 7.35. The quantitative estimate of drug-likeness (QED) is 0.336. The molecule has 7 heteroatoms. The van der Waals surface area contributed by atoms with E-state index in [9.17, 15) is 26.3 Å². The molecule has 1 aliphatic rings. The number of halogens is 6. The molecular formula is C30H25F6N. The van der Waals surface area contributed by atoms with Gasteiger partial charge in [-0.3, -0.25) is 0 Å². The summed E-state index contributed by atoms with van der Waals surface area (Å²) < 4.78 is 79.4. The number of nitrogens with one attached hydrogen (secondary N) is 1. The molecule has 1 nitrogen and oxygen atoms in total. The smallest absolute Gasteiger partial charge is 0.378 e. The SMILES string of the molecule is Cc1cccc(NC2C=CC(C=C(c3ccc(C(F)(F)F)cc3)c3cccc(C(F)(F)F)c3)=CC2)c1C. The van der Waals surface area contributed by atoms with Gasteiger partial charge in [0.1, 0.15) is 0 Å². The number of anilines is 1. The van der Waals surface area contributed by atoms with E-state index in [4.69, 9.17) is 0 Å². The summed E-state index contributed by atoms with van der Waals surface area (Å²) in [5.41, 5.74) is 3.51. The van der Waals surface area contributed by atoms with Gasteiger partial charge in [-0.1, -0.05) is 54.6 Å². The second-order valence-electron chi connectivity index (χ2n) is 9.01. The van der Waals surface area contributed by atoms with Crippen molar-refractivity contribution in [1.82, 2.24) is 0 Å². The lowest BCUT2D eigenvalue weighted by molar-refractivity contribution is -0.138. The molecule has 37 heavy (non-hydrogen) atoms. The van der Waals surface area contributed by atoms with E-state index in [1.54, 1.807) is 6.08 Å². The molecule has 0 heterocycles. The van der Waals surface area contributed by atoms with Crippen LogP contribution in [0.15, 0.2) is 96.6 Å². The average Bonchev–Trinajstić information content (AvgIpc) is 2.85. The van der Waals surface area contributed by atoms with Crippen molar-refractivity contribution in [3.8, 4) is 0 Å². The molecule has 0 saturated heterocycles. The van der Waals surface area contributed by atoms with E-state index in [1.165, 1.54) is 29.8 Å². The second-order valence-corrected chi connectivity index (χ2v) is 9.01. The Hall–Kier alpha value is -3.74. The van der Waals surface area contributed by atoms with Crippen LogP contribution in [-0.4, -0.2) is 6.04 Å². The number of benzene rings is 3. The minimum Gasteiger partial charge on any atom is -0.378 e. The third-order valence-corrected chi connectivity index (χ3v) is 6.41. The van der Waals surface area contributed by atoms with Gasteiger partial charge in [0, 0.05) is 11.7 Å². The Morgan fingerprint density at radius 2 is 1.49 bits per heavy atom. The van der Waals surface area contributed by atoms with E-state index in [0.29, 0.717) is 17.6 Å². The summed E-state index contributed by atoms with van der Waals surface area (Å²) in [7, 11) is 0. The molecular weight excluding hydrogens is 488 g/mol. The van der Waals surface area contributed by atoms with E-state index >= 15 is 0 Å². The molecule has 0 saturated carbocycles. The van der Waals surface area contributed by atoms with E-state index < -0.39 is 23.5 Å². The van der Waals surface area contributed by atoms with Crippen molar-refractivity contribution in [2.24, 2.45) is 0 Å². The Morgan fingerprint density at radius 3 is 2.11 bits per heavy atom.